The van der Waals surface area contributed by atoms with Gasteiger partial charge in [-0.3, -0.25) is 9.59 Å². The van der Waals surface area contributed by atoms with E-state index in [-0.39, 0.29) is 23.8 Å². The third kappa shape index (κ3) is 3.62. The first kappa shape index (κ1) is 15.8. The van der Waals surface area contributed by atoms with Crippen molar-refractivity contribution >= 4 is 11.8 Å². The molecule has 0 aromatic rings. The molecule has 2 saturated heterocycles. The van der Waals surface area contributed by atoms with Crippen molar-refractivity contribution < 1.29 is 14.3 Å². The minimum Gasteiger partial charge on any atom is -0.378 e. The Kier molecular flexibility index (Phi) is 5.01. The van der Waals surface area contributed by atoms with E-state index in [0.717, 1.165) is 58.2 Å². The molecule has 1 aliphatic carbocycles. The molecule has 5 heteroatoms. The third-order valence-electron chi connectivity index (χ3n) is 5.43. The van der Waals surface area contributed by atoms with Crippen LogP contribution >= 0.6 is 0 Å². The molecule has 0 bridgehead atoms. The predicted molar refractivity (Wildman–Crippen MR) is 83.2 cm³/mol. The van der Waals surface area contributed by atoms with Crippen LogP contribution < -0.4 is 5.32 Å². The average Bonchev–Trinajstić information content (AvgIpc) is 3.17. The number of hydrogen-bond acceptors (Lipinski definition) is 3. The number of carbonyl (C=O) groups excluding carboxylic acids is 2. The van der Waals surface area contributed by atoms with Crippen LogP contribution in [0, 0.1) is 11.8 Å². The summed E-state index contributed by atoms with van der Waals surface area (Å²) in [5, 5.41) is 3.03. The number of likely N-dealkylation sites (tertiary alicyclic amines) is 1. The molecular weight excluding hydrogens is 280 g/mol. The van der Waals surface area contributed by atoms with Crippen LogP contribution in [-0.4, -0.2) is 48.6 Å². The van der Waals surface area contributed by atoms with Crippen molar-refractivity contribution in [1.29, 1.82) is 0 Å². The molecule has 1 saturated carbocycles. The molecule has 0 unspecified atom stereocenters. The molecule has 0 radical (unpaired) electrons. The Balaban J connectivity index is 1.43. The highest BCUT2D eigenvalue weighted by Gasteiger charge is 2.35. The summed E-state index contributed by atoms with van der Waals surface area (Å²) in [5.74, 6) is 0.996. The number of piperidine rings is 1. The number of nitrogens with zero attached hydrogens (tertiary/aromatic N) is 1. The molecule has 2 heterocycles. The quantitative estimate of drug-likeness (QED) is 0.860. The van der Waals surface area contributed by atoms with E-state index in [1.165, 1.54) is 0 Å². The van der Waals surface area contributed by atoms with Crippen molar-refractivity contribution in [3.8, 4) is 0 Å². The number of fused-ring (bicyclic) bond motifs is 1. The van der Waals surface area contributed by atoms with E-state index >= 15 is 0 Å². The first-order valence-corrected chi connectivity index (χ1v) is 8.83. The Bertz CT molecular complexity index is 420. The zero-order valence-electron chi connectivity index (χ0n) is 13.6. The van der Waals surface area contributed by atoms with E-state index < -0.39 is 0 Å². The molecule has 3 fully saturated rings. The largest absolute Gasteiger partial charge is 0.378 e. The number of hydrogen-bond donors (Lipinski definition) is 1. The third-order valence-corrected chi connectivity index (χ3v) is 5.43. The Labute approximate surface area is 132 Å². The van der Waals surface area contributed by atoms with E-state index in [2.05, 4.69) is 5.32 Å². The van der Waals surface area contributed by atoms with Crippen LogP contribution in [0.2, 0.25) is 0 Å². The number of nitrogens with one attached hydrogen (secondary N) is 1. The Hall–Kier alpha value is -1.10. The Morgan fingerprint density at radius 1 is 1.23 bits per heavy atom. The molecule has 0 spiro atoms. The van der Waals surface area contributed by atoms with Gasteiger partial charge in [0.2, 0.25) is 11.8 Å². The second kappa shape index (κ2) is 6.99. The summed E-state index contributed by atoms with van der Waals surface area (Å²) in [6.45, 7) is 4.40. The lowest BCUT2D eigenvalue weighted by atomic mass is 9.94. The van der Waals surface area contributed by atoms with Crippen molar-refractivity contribution in [2.24, 2.45) is 11.8 Å². The SMILES string of the molecule is C[C@@H](CC(=O)N1CC[C@H]2OCC[C@H]2C1)NC(=O)C1CCCC1. The Morgan fingerprint density at radius 2 is 2.00 bits per heavy atom. The van der Waals surface area contributed by atoms with Gasteiger partial charge in [0.05, 0.1) is 6.10 Å². The highest BCUT2D eigenvalue weighted by Crippen LogP contribution is 2.29. The van der Waals surface area contributed by atoms with Crippen LogP contribution in [-0.2, 0) is 14.3 Å². The zero-order valence-corrected chi connectivity index (χ0v) is 13.6. The van der Waals surface area contributed by atoms with Crippen LogP contribution in [0.3, 0.4) is 0 Å². The lowest BCUT2D eigenvalue weighted by Gasteiger charge is -2.34. The fourth-order valence-corrected chi connectivity index (χ4v) is 4.10. The van der Waals surface area contributed by atoms with Gasteiger partial charge < -0.3 is 15.0 Å². The van der Waals surface area contributed by atoms with Crippen molar-refractivity contribution in [2.75, 3.05) is 19.7 Å². The maximum atomic E-state index is 12.4. The molecule has 2 amide bonds. The van der Waals surface area contributed by atoms with Crippen LogP contribution in [0.5, 0.6) is 0 Å². The predicted octanol–water partition coefficient (Wildman–Crippen LogP) is 1.71. The van der Waals surface area contributed by atoms with Gasteiger partial charge in [-0.05, 0) is 32.6 Å². The molecule has 1 N–H and O–H groups in total. The standard InChI is InChI=1S/C17H28N2O3/c1-12(18-17(21)13-4-2-3-5-13)10-16(20)19-8-6-15-14(11-19)7-9-22-15/h12-15H,2-11H2,1H3,(H,18,21)/t12-,14-,15+/m0/s1. The van der Waals surface area contributed by atoms with Crippen LogP contribution in [0.15, 0.2) is 0 Å². The van der Waals surface area contributed by atoms with Gasteiger partial charge in [-0.2, -0.15) is 0 Å². The molecule has 22 heavy (non-hydrogen) atoms. The van der Waals surface area contributed by atoms with Gasteiger partial charge in [-0.1, -0.05) is 12.8 Å². The molecule has 0 aromatic heterocycles. The normalized spacial score (nSPS) is 30.1. The van der Waals surface area contributed by atoms with Gasteiger partial charge in [-0.25, -0.2) is 0 Å². The van der Waals surface area contributed by atoms with Crippen LogP contribution in [0.1, 0.15) is 51.9 Å². The van der Waals surface area contributed by atoms with Gasteiger partial charge in [0, 0.05) is 44.0 Å². The fourth-order valence-electron chi connectivity index (χ4n) is 4.10. The summed E-state index contributed by atoms with van der Waals surface area (Å²) in [5.41, 5.74) is 0. The molecule has 5 nitrogen and oxygen atoms in total. The number of rotatable bonds is 4. The minimum atomic E-state index is -0.0712. The molecule has 3 aliphatic rings. The summed E-state index contributed by atoms with van der Waals surface area (Å²) in [6.07, 6.45) is 7.12. The lowest BCUT2D eigenvalue weighted by molar-refractivity contribution is -0.135. The van der Waals surface area contributed by atoms with E-state index in [1.54, 1.807) is 0 Å². The van der Waals surface area contributed by atoms with Crippen LogP contribution in [0.4, 0.5) is 0 Å². The highest BCUT2D eigenvalue weighted by atomic mass is 16.5. The molecule has 3 rings (SSSR count). The summed E-state index contributed by atoms with van der Waals surface area (Å²) < 4.78 is 5.68. The van der Waals surface area contributed by atoms with Crippen molar-refractivity contribution in [3.63, 3.8) is 0 Å². The summed E-state index contributed by atoms with van der Waals surface area (Å²) >= 11 is 0. The summed E-state index contributed by atoms with van der Waals surface area (Å²) in [6, 6.07) is -0.0712. The smallest absolute Gasteiger partial charge is 0.224 e. The molecule has 3 atom stereocenters. The maximum Gasteiger partial charge on any atom is 0.224 e. The second-order valence-corrected chi connectivity index (χ2v) is 7.18. The summed E-state index contributed by atoms with van der Waals surface area (Å²) in [4.78, 5) is 26.5. The zero-order chi connectivity index (χ0) is 15.5. The number of ether oxygens (including phenoxy) is 1. The van der Waals surface area contributed by atoms with Gasteiger partial charge in [0.25, 0.3) is 0 Å². The monoisotopic (exact) mass is 308 g/mol. The topological polar surface area (TPSA) is 58.6 Å². The van der Waals surface area contributed by atoms with Crippen molar-refractivity contribution in [2.45, 2.75) is 64.0 Å². The molecule has 124 valence electrons. The molecule has 0 aromatic carbocycles. The maximum absolute atomic E-state index is 12.4. The van der Waals surface area contributed by atoms with Gasteiger partial charge in [0.15, 0.2) is 0 Å². The molecular formula is C17H28N2O3. The van der Waals surface area contributed by atoms with E-state index in [0.29, 0.717) is 18.4 Å². The Morgan fingerprint density at radius 3 is 2.77 bits per heavy atom. The molecule has 2 aliphatic heterocycles. The van der Waals surface area contributed by atoms with Crippen molar-refractivity contribution in [1.82, 2.24) is 10.2 Å². The van der Waals surface area contributed by atoms with Gasteiger partial charge >= 0.3 is 0 Å². The van der Waals surface area contributed by atoms with E-state index in [4.69, 9.17) is 4.74 Å². The van der Waals surface area contributed by atoms with Crippen molar-refractivity contribution in [3.05, 3.63) is 0 Å². The van der Waals surface area contributed by atoms with Crippen LogP contribution in [0.25, 0.3) is 0 Å². The first-order valence-electron chi connectivity index (χ1n) is 8.83. The lowest BCUT2D eigenvalue weighted by Crippen LogP contribution is -2.47. The second-order valence-electron chi connectivity index (χ2n) is 7.18. The first-order chi connectivity index (χ1) is 10.6. The fraction of sp³-hybridized carbons (Fsp3) is 0.882. The summed E-state index contributed by atoms with van der Waals surface area (Å²) in [7, 11) is 0. The van der Waals surface area contributed by atoms with Gasteiger partial charge in [-0.15, -0.1) is 0 Å². The van der Waals surface area contributed by atoms with E-state index in [9.17, 15) is 9.59 Å². The average molecular weight is 308 g/mol. The highest BCUT2D eigenvalue weighted by molar-refractivity contribution is 5.81. The van der Waals surface area contributed by atoms with Gasteiger partial charge in [0.1, 0.15) is 0 Å². The number of amides is 2. The number of carbonyl (C=O) groups is 2. The minimum absolute atomic E-state index is 0.0712. The van der Waals surface area contributed by atoms with E-state index in [1.807, 2.05) is 11.8 Å².